The Bertz CT molecular complexity index is 1660. The van der Waals surface area contributed by atoms with Crippen molar-refractivity contribution < 1.29 is 89.7 Å². The van der Waals surface area contributed by atoms with Gasteiger partial charge in [0.05, 0.1) is 43.7 Å². The number of hydrogen-bond donors (Lipinski definition) is 12. The van der Waals surface area contributed by atoms with Gasteiger partial charge in [0.1, 0.15) is 67.1 Å². The van der Waals surface area contributed by atoms with E-state index in [0.717, 1.165) is 5.57 Å². The van der Waals surface area contributed by atoms with Gasteiger partial charge in [0.2, 0.25) is 0 Å². The maximum Gasteiger partial charge on any atom is 0.187 e. The highest BCUT2D eigenvalue weighted by Gasteiger charge is 2.74. The summed E-state index contributed by atoms with van der Waals surface area (Å²) in [5.74, 6) is -1.11. The first-order valence-electron chi connectivity index (χ1n) is 23.9. The number of fused-ring (bicyclic) bond motifs is 5. The molecule has 4 aliphatic carbocycles. The normalized spacial score (nSPS) is 53.0. The minimum Gasteiger partial charge on any atom is -0.394 e. The molecule has 376 valence electrons. The standard InChI is InChI=1S/C47H80O18/c1-21(2)10-9-13-47(8,65-41-37(59)34(56)32(54)26(18-48)62-41)22-11-15-45(6)30(22)23(50)16-28-44(5)14-12-29(52)43(3,4)39(44)25(17-46(28,45)7)61-42-38(35(57)33(55)27(19-49)63-42)64-40-36(58)31(53)24(51)20-60-40/h10,22-42,48-59H,9,11-20H2,1-8H3/t22-,23+,24+,25-,26+,27+,28+,29-,30-,31-,32+,33+,34-,35-,36+,37+,38+,39-,40-,41-,42-,44+,45+,46+,47?/m0/s1. The minimum absolute atomic E-state index is 0.0828. The average Bonchev–Trinajstić information content (AvgIpc) is 3.63. The second kappa shape index (κ2) is 19.0. The third kappa shape index (κ3) is 8.72. The SMILES string of the molecule is CC(C)=CCCC(C)(O[C@@H]1O[C@H](CO)[C@@H](O)[C@H](O)[C@H]1O)[C@H]1CC[C@]2(C)[C@@H]1[C@H](O)C[C@@H]1[C@@]3(C)CC[C@H](O)C(C)(C)[C@@H]3[C@@H](O[C@H]3O[C@H](CO)[C@@H](O)[C@H](O)[C@H]3O[C@@H]3OC[C@@H](O)[C@H](O)[C@H]3O)C[C@]12C. The highest BCUT2D eigenvalue weighted by Crippen LogP contribution is 2.76. The monoisotopic (exact) mass is 933 g/mol. The van der Waals surface area contributed by atoms with Gasteiger partial charge in [-0.3, -0.25) is 0 Å². The van der Waals surface area contributed by atoms with Crippen LogP contribution in [0.5, 0.6) is 0 Å². The Balaban J connectivity index is 1.27. The molecule has 12 N–H and O–H groups in total. The maximum atomic E-state index is 12.7. The lowest BCUT2D eigenvalue weighted by molar-refractivity contribution is -0.377. The highest BCUT2D eigenvalue weighted by molar-refractivity contribution is 5.22. The van der Waals surface area contributed by atoms with Crippen LogP contribution in [0.3, 0.4) is 0 Å². The highest BCUT2D eigenvalue weighted by atomic mass is 16.8. The second-order valence-electron chi connectivity index (χ2n) is 22.6. The van der Waals surface area contributed by atoms with Crippen LogP contribution in [0, 0.1) is 45.3 Å². The van der Waals surface area contributed by atoms with Gasteiger partial charge in [-0.2, -0.15) is 0 Å². The van der Waals surface area contributed by atoms with Crippen molar-refractivity contribution in [3.8, 4) is 0 Å². The summed E-state index contributed by atoms with van der Waals surface area (Å²) >= 11 is 0. The van der Waals surface area contributed by atoms with Crippen LogP contribution in [0.1, 0.15) is 107 Å². The fourth-order valence-corrected chi connectivity index (χ4v) is 14.6. The summed E-state index contributed by atoms with van der Waals surface area (Å²) in [5, 5.41) is 131. The van der Waals surface area contributed by atoms with Gasteiger partial charge in [-0.05, 0) is 117 Å². The van der Waals surface area contributed by atoms with Crippen molar-refractivity contribution in [2.45, 2.75) is 217 Å². The van der Waals surface area contributed by atoms with E-state index < -0.39 is 145 Å². The Kier molecular flexibility index (Phi) is 15.1. The summed E-state index contributed by atoms with van der Waals surface area (Å²) in [6.45, 7) is 15.0. The van der Waals surface area contributed by atoms with Crippen molar-refractivity contribution in [2.24, 2.45) is 45.3 Å². The number of aliphatic hydroxyl groups excluding tert-OH is 12. The zero-order valence-electron chi connectivity index (χ0n) is 39.3. The molecule has 3 aliphatic heterocycles. The predicted molar refractivity (Wildman–Crippen MR) is 229 cm³/mol. The van der Waals surface area contributed by atoms with Gasteiger partial charge in [0, 0.05) is 0 Å². The molecule has 18 nitrogen and oxygen atoms in total. The lowest BCUT2D eigenvalue weighted by atomic mass is 9.34. The molecule has 0 bridgehead atoms. The maximum absolute atomic E-state index is 12.7. The van der Waals surface area contributed by atoms with Crippen LogP contribution in [0.2, 0.25) is 0 Å². The van der Waals surface area contributed by atoms with E-state index in [2.05, 4.69) is 26.8 Å². The third-order valence-corrected chi connectivity index (χ3v) is 18.3. The Morgan fingerprint density at radius 3 is 1.94 bits per heavy atom. The van der Waals surface area contributed by atoms with Crippen LogP contribution in [0.25, 0.3) is 0 Å². The van der Waals surface area contributed by atoms with Crippen molar-refractivity contribution in [1.82, 2.24) is 0 Å². The molecule has 18 heteroatoms. The smallest absolute Gasteiger partial charge is 0.187 e. The lowest BCUT2D eigenvalue weighted by Gasteiger charge is -2.72. The largest absolute Gasteiger partial charge is 0.394 e. The van der Waals surface area contributed by atoms with Gasteiger partial charge >= 0.3 is 0 Å². The fraction of sp³-hybridized carbons (Fsp3) is 0.957. The quantitative estimate of drug-likeness (QED) is 0.0874. The number of aliphatic hydroxyl groups is 12. The molecule has 65 heavy (non-hydrogen) atoms. The molecule has 3 saturated heterocycles. The van der Waals surface area contributed by atoms with Crippen molar-refractivity contribution >= 4 is 0 Å². The molecule has 7 fully saturated rings. The van der Waals surface area contributed by atoms with E-state index in [1.54, 1.807) is 0 Å². The van der Waals surface area contributed by atoms with E-state index in [1.807, 2.05) is 34.6 Å². The summed E-state index contributed by atoms with van der Waals surface area (Å²) < 4.78 is 37.7. The second-order valence-corrected chi connectivity index (χ2v) is 22.6. The summed E-state index contributed by atoms with van der Waals surface area (Å²) in [6.07, 6.45) is -17.2. The molecule has 25 atom stereocenters. The van der Waals surface area contributed by atoms with Crippen LogP contribution in [0.4, 0.5) is 0 Å². The van der Waals surface area contributed by atoms with Crippen LogP contribution in [0.15, 0.2) is 11.6 Å². The number of allylic oxidation sites excluding steroid dienone is 2. The summed E-state index contributed by atoms with van der Waals surface area (Å²) in [7, 11) is 0. The number of ether oxygens (including phenoxy) is 6. The zero-order chi connectivity index (χ0) is 47.9. The van der Waals surface area contributed by atoms with Crippen LogP contribution < -0.4 is 0 Å². The first kappa shape index (κ1) is 51.9. The summed E-state index contributed by atoms with van der Waals surface area (Å²) in [6, 6.07) is 0. The molecular weight excluding hydrogens is 852 g/mol. The van der Waals surface area contributed by atoms with E-state index in [1.165, 1.54) is 0 Å². The topological polar surface area (TPSA) is 298 Å². The first-order valence-corrected chi connectivity index (χ1v) is 23.9. The first-order chi connectivity index (χ1) is 30.3. The van der Waals surface area contributed by atoms with E-state index in [0.29, 0.717) is 51.4 Å². The van der Waals surface area contributed by atoms with E-state index in [4.69, 9.17) is 28.4 Å². The van der Waals surface area contributed by atoms with Crippen molar-refractivity contribution in [1.29, 1.82) is 0 Å². The average molecular weight is 933 g/mol. The van der Waals surface area contributed by atoms with Gasteiger partial charge in [0.25, 0.3) is 0 Å². The zero-order valence-corrected chi connectivity index (χ0v) is 39.3. The number of rotatable bonds is 12. The molecule has 0 aromatic rings. The molecule has 0 aromatic heterocycles. The van der Waals surface area contributed by atoms with Crippen LogP contribution >= 0.6 is 0 Å². The molecule has 0 radical (unpaired) electrons. The van der Waals surface area contributed by atoms with Crippen molar-refractivity contribution in [3.63, 3.8) is 0 Å². The van der Waals surface area contributed by atoms with Crippen LogP contribution in [-0.4, -0.2) is 191 Å². The summed E-state index contributed by atoms with van der Waals surface area (Å²) in [4.78, 5) is 0. The summed E-state index contributed by atoms with van der Waals surface area (Å²) in [5.41, 5.74) is -2.41. The van der Waals surface area contributed by atoms with E-state index in [-0.39, 0.29) is 30.3 Å². The lowest BCUT2D eigenvalue weighted by Crippen LogP contribution is -2.71. The van der Waals surface area contributed by atoms with Crippen LogP contribution in [-0.2, 0) is 28.4 Å². The van der Waals surface area contributed by atoms with Gasteiger partial charge < -0.3 is 89.7 Å². The van der Waals surface area contributed by atoms with E-state index in [9.17, 15) is 61.3 Å². The Morgan fingerprint density at radius 1 is 0.692 bits per heavy atom. The molecule has 1 unspecified atom stereocenters. The molecule has 0 amide bonds. The third-order valence-electron chi connectivity index (χ3n) is 18.3. The van der Waals surface area contributed by atoms with E-state index >= 15 is 0 Å². The molecule has 0 aromatic carbocycles. The molecule has 3 heterocycles. The number of hydrogen-bond acceptors (Lipinski definition) is 18. The molecule has 0 spiro atoms. The molecule has 7 aliphatic rings. The Morgan fingerprint density at radius 2 is 1.31 bits per heavy atom. The minimum atomic E-state index is -1.73. The Hall–Kier alpha value is -0.980. The Labute approximate surface area is 382 Å². The molecule has 7 rings (SSSR count). The van der Waals surface area contributed by atoms with Gasteiger partial charge in [-0.1, -0.05) is 46.3 Å². The molecule has 4 saturated carbocycles. The van der Waals surface area contributed by atoms with Gasteiger partial charge in [0.15, 0.2) is 18.9 Å². The predicted octanol–water partition coefficient (Wildman–Crippen LogP) is -0.417. The van der Waals surface area contributed by atoms with Gasteiger partial charge in [-0.25, -0.2) is 0 Å². The van der Waals surface area contributed by atoms with Gasteiger partial charge in [-0.15, -0.1) is 0 Å². The molecular formula is C47H80O18. The van der Waals surface area contributed by atoms with Crippen molar-refractivity contribution in [3.05, 3.63) is 11.6 Å². The van der Waals surface area contributed by atoms with Crippen molar-refractivity contribution in [2.75, 3.05) is 19.8 Å². The fourth-order valence-electron chi connectivity index (χ4n) is 14.6.